The third-order valence-electron chi connectivity index (χ3n) is 3.51. The first-order valence-corrected chi connectivity index (χ1v) is 7.10. The predicted octanol–water partition coefficient (Wildman–Crippen LogP) is 2.69. The fourth-order valence-corrected chi connectivity index (χ4v) is 2.50. The summed E-state index contributed by atoms with van der Waals surface area (Å²) in [7, 11) is 0. The largest absolute Gasteiger partial charge is 0.493 e. The molecule has 2 rings (SSSR count). The summed E-state index contributed by atoms with van der Waals surface area (Å²) in [5, 5.41) is 13.5. The zero-order valence-electron chi connectivity index (χ0n) is 12.1. The van der Waals surface area contributed by atoms with Gasteiger partial charge in [0.1, 0.15) is 5.75 Å². The van der Waals surface area contributed by atoms with Gasteiger partial charge in [-0.1, -0.05) is 18.2 Å². The summed E-state index contributed by atoms with van der Waals surface area (Å²) < 4.78 is 5.65. The summed E-state index contributed by atoms with van der Waals surface area (Å²) in [6.07, 6.45) is 1.47. The van der Waals surface area contributed by atoms with Crippen LogP contribution in [0, 0.1) is 0 Å². The number of aliphatic hydroxyl groups excluding tert-OH is 1. The van der Waals surface area contributed by atoms with Crippen molar-refractivity contribution in [2.45, 2.75) is 51.2 Å². The van der Waals surface area contributed by atoms with Crippen LogP contribution in [0.25, 0.3) is 0 Å². The second-order valence-corrected chi connectivity index (χ2v) is 6.39. The highest BCUT2D eigenvalue weighted by atomic mass is 16.5. The molecule has 1 aromatic rings. The first-order valence-electron chi connectivity index (χ1n) is 7.10. The number of hydrogen-bond donors (Lipinski definition) is 2. The monoisotopic (exact) mass is 263 g/mol. The van der Waals surface area contributed by atoms with Gasteiger partial charge in [-0.3, -0.25) is 0 Å². The maximum absolute atomic E-state index is 10.2. The highest BCUT2D eigenvalue weighted by Gasteiger charge is 2.24. The van der Waals surface area contributed by atoms with Crippen molar-refractivity contribution in [3.8, 4) is 5.75 Å². The van der Waals surface area contributed by atoms with E-state index in [0.29, 0.717) is 12.5 Å². The van der Waals surface area contributed by atoms with Crippen LogP contribution in [0.3, 0.4) is 0 Å². The summed E-state index contributed by atoms with van der Waals surface area (Å²) in [5.41, 5.74) is 1.29. The van der Waals surface area contributed by atoms with Crippen molar-refractivity contribution in [1.82, 2.24) is 5.32 Å². The van der Waals surface area contributed by atoms with Crippen molar-refractivity contribution in [3.63, 3.8) is 0 Å². The quantitative estimate of drug-likeness (QED) is 0.877. The molecule has 1 aliphatic rings. The van der Waals surface area contributed by atoms with Crippen LogP contribution in [0.5, 0.6) is 5.75 Å². The average Bonchev–Trinajstić information content (AvgIpc) is 2.36. The van der Waals surface area contributed by atoms with Gasteiger partial charge in [0.2, 0.25) is 0 Å². The Morgan fingerprint density at radius 2 is 2.11 bits per heavy atom. The molecule has 2 N–H and O–H groups in total. The van der Waals surface area contributed by atoms with E-state index in [1.54, 1.807) is 0 Å². The lowest BCUT2D eigenvalue weighted by atomic mass is 9.88. The van der Waals surface area contributed by atoms with Crippen LogP contribution in [0.4, 0.5) is 0 Å². The summed E-state index contributed by atoms with van der Waals surface area (Å²) in [4.78, 5) is 0. The molecule has 0 saturated carbocycles. The van der Waals surface area contributed by atoms with Crippen LogP contribution in [0.2, 0.25) is 0 Å². The van der Waals surface area contributed by atoms with Crippen molar-refractivity contribution in [1.29, 1.82) is 0 Å². The number of fused-ring (bicyclic) bond motifs is 1. The second-order valence-electron chi connectivity index (χ2n) is 6.39. The number of para-hydroxylation sites is 1. The molecule has 0 spiro atoms. The molecule has 0 radical (unpaired) electrons. The molecule has 2 atom stereocenters. The number of rotatable bonds is 4. The number of benzene rings is 1. The van der Waals surface area contributed by atoms with Crippen LogP contribution >= 0.6 is 0 Å². The molecule has 1 aromatic carbocycles. The fraction of sp³-hybridized carbons (Fsp3) is 0.625. The highest BCUT2D eigenvalue weighted by Crippen LogP contribution is 2.36. The lowest BCUT2D eigenvalue weighted by Crippen LogP contribution is -2.41. The third-order valence-corrected chi connectivity index (χ3v) is 3.51. The Kier molecular flexibility index (Phi) is 4.48. The normalized spacial score (nSPS) is 20.5. The van der Waals surface area contributed by atoms with Crippen LogP contribution in [0.1, 0.15) is 45.1 Å². The minimum Gasteiger partial charge on any atom is -0.493 e. The summed E-state index contributed by atoms with van der Waals surface area (Å²) in [6.45, 7) is 7.74. The molecule has 0 fully saturated rings. The minimum atomic E-state index is -0.310. The molecule has 1 aliphatic heterocycles. The SMILES string of the molecule is CC(C)(C)NCC(O)CC1CCOc2ccccc21. The number of aliphatic hydroxyl groups is 1. The third kappa shape index (κ3) is 4.22. The van der Waals surface area contributed by atoms with Crippen LogP contribution < -0.4 is 10.1 Å². The van der Waals surface area contributed by atoms with Gasteiger partial charge in [-0.05, 0) is 51.2 Å². The van der Waals surface area contributed by atoms with Gasteiger partial charge in [-0.2, -0.15) is 0 Å². The lowest BCUT2D eigenvalue weighted by Gasteiger charge is -2.29. The zero-order valence-corrected chi connectivity index (χ0v) is 12.1. The Hall–Kier alpha value is -1.06. The van der Waals surface area contributed by atoms with E-state index in [9.17, 15) is 5.11 Å². The van der Waals surface area contributed by atoms with E-state index < -0.39 is 0 Å². The van der Waals surface area contributed by atoms with Crippen LogP contribution in [0.15, 0.2) is 24.3 Å². The van der Waals surface area contributed by atoms with E-state index in [2.05, 4.69) is 32.2 Å². The Morgan fingerprint density at radius 1 is 1.37 bits per heavy atom. The smallest absolute Gasteiger partial charge is 0.122 e. The molecule has 0 bridgehead atoms. The van der Waals surface area contributed by atoms with E-state index in [-0.39, 0.29) is 11.6 Å². The standard InChI is InChI=1S/C16H25NO2/c1-16(2,3)17-11-13(18)10-12-8-9-19-15-7-5-4-6-14(12)15/h4-7,12-13,17-18H,8-11H2,1-3H3. The molecule has 3 heteroatoms. The Balaban J connectivity index is 1.93. The number of β-amino-alcohol motifs (C(OH)–C–C–N with tert-alkyl or cyclic N) is 1. The molecular formula is C16H25NO2. The van der Waals surface area contributed by atoms with E-state index >= 15 is 0 Å². The molecule has 0 aromatic heterocycles. The van der Waals surface area contributed by atoms with E-state index in [0.717, 1.165) is 25.2 Å². The fourth-order valence-electron chi connectivity index (χ4n) is 2.50. The second kappa shape index (κ2) is 5.93. The molecule has 106 valence electrons. The maximum Gasteiger partial charge on any atom is 0.122 e. The molecular weight excluding hydrogens is 238 g/mol. The van der Waals surface area contributed by atoms with Crippen molar-refractivity contribution in [2.24, 2.45) is 0 Å². The zero-order chi connectivity index (χ0) is 13.9. The van der Waals surface area contributed by atoms with E-state index in [1.807, 2.05) is 18.2 Å². The molecule has 19 heavy (non-hydrogen) atoms. The molecule has 2 unspecified atom stereocenters. The van der Waals surface area contributed by atoms with Gasteiger partial charge in [0.15, 0.2) is 0 Å². The first-order chi connectivity index (χ1) is 8.96. The van der Waals surface area contributed by atoms with Crippen LogP contribution in [-0.4, -0.2) is 29.9 Å². The van der Waals surface area contributed by atoms with Gasteiger partial charge in [-0.15, -0.1) is 0 Å². The summed E-state index contributed by atoms with van der Waals surface area (Å²) >= 11 is 0. The van der Waals surface area contributed by atoms with E-state index in [4.69, 9.17) is 4.74 Å². The van der Waals surface area contributed by atoms with Gasteiger partial charge < -0.3 is 15.2 Å². The van der Waals surface area contributed by atoms with Gasteiger partial charge >= 0.3 is 0 Å². The highest BCUT2D eigenvalue weighted by molar-refractivity contribution is 5.37. The van der Waals surface area contributed by atoms with Crippen molar-refractivity contribution < 1.29 is 9.84 Å². The predicted molar refractivity (Wildman–Crippen MR) is 77.7 cm³/mol. The maximum atomic E-state index is 10.2. The molecule has 1 heterocycles. The van der Waals surface area contributed by atoms with E-state index in [1.165, 1.54) is 5.56 Å². The molecule has 0 amide bonds. The number of nitrogens with one attached hydrogen (secondary N) is 1. The molecule has 0 aliphatic carbocycles. The van der Waals surface area contributed by atoms with Crippen molar-refractivity contribution in [2.75, 3.05) is 13.2 Å². The lowest BCUT2D eigenvalue weighted by molar-refractivity contribution is 0.133. The topological polar surface area (TPSA) is 41.5 Å². The van der Waals surface area contributed by atoms with Crippen LogP contribution in [-0.2, 0) is 0 Å². The number of ether oxygens (including phenoxy) is 1. The first kappa shape index (κ1) is 14.4. The Bertz CT molecular complexity index is 411. The summed E-state index contributed by atoms with van der Waals surface area (Å²) in [6, 6.07) is 8.17. The van der Waals surface area contributed by atoms with Gasteiger partial charge in [0.25, 0.3) is 0 Å². The molecule has 0 saturated heterocycles. The van der Waals surface area contributed by atoms with Crippen molar-refractivity contribution >= 4 is 0 Å². The van der Waals surface area contributed by atoms with Gasteiger partial charge in [0.05, 0.1) is 12.7 Å². The minimum absolute atomic E-state index is 0.0502. The van der Waals surface area contributed by atoms with Gasteiger partial charge in [0, 0.05) is 12.1 Å². The molecule has 3 nitrogen and oxygen atoms in total. The van der Waals surface area contributed by atoms with Gasteiger partial charge in [-0.25, -0.2) is 0 Å². The average molecular weight is 263 g/mol. The van der Waals surface area contributed by atoms with Crippen molar-refractivity contribution in [3.05, 3.63) is 29.8 Å². The Morgan fingerprint density at radius 3 is 2.84 bits per heavy atom. The summed E-state index contributed by atoms with van der Waals surface area (Å²) in [5.74, 6) is 1.39. The number of hydrogen-bond acceptors (Lipinski definition) is 3. The Labute approximate surface area is 116 Å².